The van der Waals surface area contributed by atoms with Crippen molar-refractivity contribution in [1.29, 1.82) is 0 Å². The van der Waals surface area contributed by atoms with Gasteiger partial charge in [-0.25, -0.2) is 4.98 Å². The van der Waals surface area contributed by atoms with E-state index in [0.29, 0.717) is 6.54 Å². The number of hydrogen-bond acceptors (Lipinski definition) is 4. The van der Waals surface area contributed by atoms with Crippen LogP contribution in [0.2, 0.25) is 0 Å². The molecule has 0 aliphatic carbocycles. The molecule has 0 aliphatic heterocycles. The van der Waals surface area contributed by atoms with Gasteiger partial charge in [0.2, 0.25) is 0 Å². The van der Waals surface area contributed by atoms with Crippen LogP contribution in [0.5, 0.6) is 0 Å². The second-order valence-electron chi connectivity index (χ2n) is 3.64. The van der Waals surface area contributed by atoms with Gasteiger partial charge >= 0.3 is 0 Å². The fourth-order valence-corrected chi connectivity index (χ4v) is 1.49. The van der Waals surface area contributed by atoms with Crippen LogP contribution in [0.25, 0.3) is 10.9 Å². The van der Waals surface area contributed by atoms with Crippen molar-refractivity contribution in [2.24, 2.45) is 12.8 Å². The van der Waals surface area contributed by atoms with Crippen LogP contribution in [0, 0.1) is 0 Å². The smallest absolute Gasteiger partial charge is 0.137 e. The number of aromatic nitrogens is 3. The molecule has 80 valence electrons. The summed E-state index contributed by atoms with van der Waals surface area (Å²) in [6.07, 6.45) is 3.59. The summed E-state index contributed by atoms with van der Waals surface area (Å²) in [4.78, 5) is 4.29. The van der Waals surface area contributed by atoms with E-state index in [1.807, 2.05) is 30.9 Å². The van der Waals surface area contributed by atoms with E-state index in [-0.39, 0.29) is 6.04 Å². The van der Waals surface area contributed by atoms with Gasteiger partial charge in [0, 0.05) is 25.8 Å². The molecule has 0 saturated heterocycles. The zero-order valence-corrected chi connectivity index (χ0v) is 8.94. The lowest BCUT2D eigenvalue weighted by molar-refractivity contribution is 0.795. The molecule has 2 aromatic rings. The van der Waals surface area contributed by atoms with E-state index in [1.54, 1.807) is 6.20 Å². The van der Waals surface area contributed by atoms with Crippen LogP contribution in [0.15, 0.2) is 18.5 Å². The molecule has 15 heavy (non-hydrogen) atoms. The first-order valence-corrected chi connectivity index (χ1v) is 4.95. The Bertz CT molecular complexity index is 462. The highest BCUT2D eigenvalue weighted by atomic mass is 15.3. The van der Waals surface area contributed by atoms with Crippen LogP contribution in [0.4, 0.5) is 5.82 Å². The number of aryl methyl sites for hydroxylation is 1. The molecule has 1 atom stereocenters. The summed E-state index contributed by atoms with van der Waals surface area (Å²) >= 11 is 0. The molecule has 1 unspecified atom stereocenters. The maximum atomic E-state index is 5.56. The van der Waals surface area contributed by atoms with E-state index >= 15 is 0 Å². The van der Waals surface area contributed by atoms with Crippen LogP contribution < -0.4 is 11.1 Å². The van der Waals surface area contributed by atoms with E-state index in [0.717, 1.165) is 16.7 Å². The molecular formula is C10H15N5. The monoisotopic (exact) mass is 205 g/mol. The summed E-state index contributed by atoms with van der Waals surface area (Å²) in [5.74, 6) is 0.846. The van der Waals surface area contributed by atoms with Gasteiger partial charge in [-0.05, 0) is 13.0 Å². The molecule has 0 spiro atoms. The minimum atomic E-state index is 0.211. The van der Waals surface area contributed by atoms with Crippen molar-refractivity contribution < 1.29 is 0 Å². The van der Waals surface area contributed by atoms with E-state index in [4.69, 9.17) is 5.73 Å². The zero-order chi connectivity index (χ0) is 10.8. The Hall–Kier alpha value is -1.62. The Morgan fingerprint density at radius 2 is 2.40 bits per heavy atom. The quantitative estimate of drug-likeness (QED) is 0.775. The van der Waals surface area contributed by atoms with Crippen molar-refractivity contribution in [3.05, 3.63) is 18.5 Å². The number of nitrogens with zero attached hydrogens (tertiary/aromatic N) is 3. The van der Waals surface area contributed by atoms with Gasteiger partial charge in [0.15, 0.2) is 0 Å². The van der Waals surface area contributed by atoms with Crippen LogP contribution in [0.3, 0.4) is 0 Å². The molecule has 5 heteroatoms. The van der Waals surface area contributed by atoms with E-state index in [2.05, 4.69) is 15.4 Å². The zero-order valence-electron chi connectivity index (χ0n) is 8.94. The van der Waals surface area contributed by atoms with Crippen molar-refractivity contribution in [2.45, 2.75) is 13.0 Å². The number of anilines is 1. The maximum Gasteiger partial charge on any atom is 0.137 e. The van der Waals surface area contributed by atoms with Gasteiger partial charge in [-0.2, -0.15) is 5.10 Å². The first-order valence-electron chi connectivity index (χ1n) is 4.95. The molecule has 0 fully saturated rings. The van der Waals surface area contributed by atoms with Crippen LogP contribution in [-0.2, 0) is 7.05 Å². The number of hydrogen-bond donors (Lipinski definition) is 2. The molecule has 2 rings (SSSR count). The Kier molecular flexibility index (Phi) is 2.55. The highest BCUT2D eigenvalue weighted by molar-refractivity contribution is 5.88. The maximum absolute atomic E-state index is 5.56. The van der Waals surface area contributed by atoms with Crippen LogP contribution in [-0.4, -0.2) is 27.4 Å². The van der Waals surface area contributed by atoms with Gasteiger partial charge in [-0.3, -0.25) is 4.68 Å². The third-order valence-corrected chi connectivity index (χ3v) is 2.41. The molecule has 0 saturated carbocycles. The first kappa shape index (κ1) is 9.92. The van der Waals surface area contributed by atoms with Gasteiger partial charge in [0.1, 0.15) is 5.82 Å². The minimum absolute atomic E-state index is 0.211. The predicted molar refractivity (Wildman–Crippen MR) is 60.6 cm³/mol. The largest absolute Gasteiger partial charge is 0.366 e. The standard InChI is InChI=1S/C10H15N5/c1-7(5-11)14-10-8-6-13-15(2)9(8)3-4-12-10/h3-4,6-7H,5,11H2,1-2H3,(H,12,14). The van der Waals surface area contributed by atoms with Crippen LogP contribution >= 0.6 is 0 Å². The molecule has 0 radical (unpaired) electrons. The van der Waals surface area contributed by atoms with Crippen molar-refractivity contribution in [2.75, 3.05) is 11.9 Å². The summed E-state index contributed by atoms with van der Waals surface area (Å²) in [6.45, 7) is 2.61. The predicted octanol–water partition coefficient (Wildman–Crippen LogP) is 0.727. The van der Waals surface area contributed by atoms with Crippen molar-refractivity contribution in [3.8, 4) is 0 Å². The summed E-state index contributed by atoms with van der Waals surface area (Å²) in [5, 5.41) is 8.48. The van der Waals surface area contributed by atoms with Crippen molar-refractivity contribution in [3.63, 3.8) is 0 Å². The summed E-state index contributed by atoms with van der Waals surface area (Å²) in [7, 11) is 1.92. The minimum Gasteiger partial charge on any atom is -0.366 e. The third kappa shape index (κ3) is 1.78. The Labute approximate surface area is 88.3 Å². The molecule has 5 nitrogen and oxygen atoms in total. The number of nitrogens with two attached hydrogens (primary N) is 1. The molecule has 0 aromatic carbocycles. The van der Waals surface area contributed by atoms with E-state index in [1.165, 1.54) is 0 Å². The summed E-state index contributed by atoms with van der Waals surface area (Å²) in [5.41, 5.74) is 6.62. The topological polar surface area (TPSA) is 68.8 Å². The molecule has 0 aliphatic rings. The second kappa shape index (κ2) is 3.86. The molecule has 3 N–H and O–H groups in total. The average molecular weight is 205 g/mol. The third-order valence-electron chi connectivity index (χ3n) is 2.41. The Balaban J connectivity index is 2.43. The lowest BCUT2D eigenvalue weighted by Gasteiger charge is -2.12. The second-order valence-corrected chi connectivity index (χ2v) is 3.64. The van der Waals surface area contributed by atoms with E-state index < -0.39 is 0 Å². The number of fused-ring (bicyclic) bond motifs is 1. The van der Waals surface area contributed by atoms with Gasteiger partial charge in [0.25, 0.3) is 0 Å². The fourth-order valence-electron chi connectivity index (χ4n) is 1.49. The van der Waals surface area contributed by atoms with Crippen molar-refractivity contribution in [1.82, 2.24) is 14.8 Å². The molecular weight excluding hydrogens is 190 g/mol. The Morgan fingerprint density at radius 1 is 1.60 bits per heavy atom. The average Bonchev–Trinajstić information content (AvgIpc) is 2.62. The van der Waals surface area contributed by atoms with E-state index in [9.17, 15) is 0 Å². The molecule has 2 heterocycles. The highest BCUT2D eigenvalue weighted by Gasteiger charge is 2.07. The summed E-state index contributed by atoms with van der Waals surface area (Å²) < 4.78 is 1.83. The molecule has 0 bridgehead atoms. The Morgan fingerprint density at radius 3 is 3.13 bits per heavy atom. The normalized spacial score (nSPS) is 13.0. The lowest BCUT2D eigenvalue weighted by atomic mass is 10.3. The highest BCUT2D eigenvalue weighted by Crippen LogP contribution is 2.20. The van der Waals surface area contributed by atoms with Gasteiger partial charge in [-0.15, -0.1) is 0 Å². The summed E-state index contributed by atoms with van der Waals surface area (Å²) in [6, 6.07) is 2.16. The van der Waals surface area contributed by atoms with Crippen molar-refractivity contribution >= 4 is 16.7 Å². The van der Waals surface area contributed by atoms with Gasteiger partial charge in [0.05, 0.1) is 17.1 Å². The molecule has 0 amide bonds. The first-order chi connectivity index (χ1) is 7.22. The molecule has 2 aromatic heterocycles. The SMILES string of the molecule is CC(CN)Nc1nccc2c1cnn2C. The lowest BCUT2D eigenvalue weighted by Crippen LogP contribution is -2.25. The fraction of sp³-hybridized carbons (Fsp3) is 0.400. The number of rotatable bonds is 3. The number of pyridine rings is 1. The van der Waals surface area contributed by atoms with Crippen LogP contribution in [0.1, 0.15) is 6.92 Å². The number of nitrogens with one attached hydrogen (secondary N) is 1. The van der Waals surface area contributed by atoms with Gasteiger partial charge < -0.3 is 11.1 Å². The van der Waals surface area contributed by atoms with Gasteiger partial charge in [-0.1, -0.05) is 0 Å².